The van der Waals surface area contributed by atoms with Gasteiger partial charge in [-0.25, -0.2) is 18.4 Å². The van der Waals surface area contributed by atoms with E-state index in [4.69, 9.17) is 9.26 Å². The van der Waals surface area contributed by atoms with Crippen LogP contribution in [0.2, 0.25) is 0 Å². The molecule has 3 aromatic rings. The van der Waals surface area contributed by atoms with Crippen LogP contribution < -0.4 is 20.1 Å². The highest BCUT2D eigenvalue weighted by Crippen LogP contribution is 2.46. The van der Waals surface area contributed by atoms with Crippen LogP contribution in [0.3, 0.4) is 0 Å². The molecule has 1 aromatic carbocycles. The molecule has 19 heteroatoms. The summed E-state index contributed by atoms with van der Waals surface area (Å²) >= 11 is 0. The smallest absolute Gasteiger partial charge is 0.438 e. The van der Waals surface area contributed by atoms with Gasteiger partial charge in [0.25, 0.3) is 11.8 Å². The zero-order chi connectivity index (χ0) is 39.3. The Hall–Kier alpha value is -5.07. The van der Waals surface area contributed by atoms with E-state index in [9.17, 15) is 40.8 Å². The number of hydrogen-bond donors (Lipinski definition) is 3. The lowest BCUT2D eigenvalue weighted by molar-refractivity contribution is -0.143. The SMILES string of the molecule is Cc1onc(C(=O)N[C@H]2CCCCC/C=C\C3C[C@@]3(C(=O)NS(=O)(=O)C3CC3)NC(=O)[C@@H]3C[C@@H](Oc4nc5ccccc5nc4C(F)(F)F)CN3C2=O)c1C. The maximum absolute atomic E-state index is 14.5. The lowest BCUT2D eigenvalue weighted by atomic mass is 10.0. The van der Waals surface area contributed by atoms with Gasteiger partial charge in [-0.3, -0.25) is 23.9 Å². The van der Waals surface area contributed by atoms with Gasteiger partial charge in [0.2, 0.25) is 33.4 Å². The van der Waals surface area contributed by atoms with Crippen LogP contribution in [-0.2, 0) is 30.6 Å². The van der Waals surface area contributed by atoms with Crippen molar-refractivity contribution in [2.45, 2.75) is 107 Å². The van der Waals surface area contributed by atoms with Crippen molar-refractivity contribution in [1.82, 2.24) is 35.4 Å². The Balaban J connectivity index is 1.22. The zero-order valence-electron chi connectivity index (χ0n) is 30.0. The summed E-state index contributed by atoms with van der Waals surface area (Å²) in [6, 6.07) is 3.32. The predicted octanol–water partition coefficient (Wildman–Crippen LogP) is 3.40. The minimum Gasteiger partial charge on any atom is -0.471 e. The van der Waals surface area contributed by atoms with E-state index in [-0.39, 0.29) is 36.0 Å². The first-order valence-electron chi connectivity index (χ1n) is 18.2. The van der Waals surface area contributed by atoms with Crippen LogP contribution in [0.1, 0.15) is 85.3 Å². The molecule has 1 saturated heterocycles. The lowest BCUT2D eigenvalue weighted by Gasteiger charge is -2.29. The maximum Gasteiger partial charge on any atom is 0.438 e. The molecule has 2 aliphatic carbocycles. The van der Waals surface area contributed by atoms with E-state index < -0.39 is 92.8 Å². The molecule has 2 aromatic heterocycles. The number of alkyl halides is 3. The third kappa shape index (κ3) is 7.88. The summed E-state index contributed by atoms with van der Waals surface area (Å²) in [7, 11) is -3.99. The van der Waals surface area contributed by atoms with Gasteiger partial charge in [0.1, 0.15) is 29.5 Å². The summed E-state index contributed by atoms with van der Waals surface area (Å²) < 4.78 is 81.5. The fourth-order valence-electron chi connectivity index (χ4n) is 7.11. The normalized spacial score (nSPS) is 26.9. The number of carbonyl (C=O) groups is 4. The van der Waals surface area contributed by atoms with Crippen LogP contribution >= 0.6 is 0 Å². The Bertz CT molecular complexity index is 2170. The van der Waals surface area contributed by atoms with Crippen molar-refractivity contribution in [2.24, 2.45) is 5.92 Å². The van der Waals surface area contributed by atoms with Gasteiger partial charge in [0.15, 0.2) is 5.69 Å². The molecular weight excluding hydrogens is 747 g/mol. The van der Waals surface area contributed by atoms with E-state index in [2.05, 4.69) is 30.5 Å². The van der Waals surface area contributed by atoms with Crippen LogP contribution in [0.25, 0.3) is 11.0 Å². The molecule has 4 amide bonds. The first kappa shape index (κ1) is 38.2. The van der Waals surface area contributed by atoms with E-state index in [0.29, 0.717) is 49.8 Å². The number of ether oxygens (including phenoxy) is 1. The second-order valence-electron chi connectivity index (χ2n) is 14.6. The van der Waals surface area contributed by atoms with Crippen molar-refractivity contribution >= 4 is 44.7 Å². The number of carbonyl (C=O) groups excluding carboxylic acids is 4. The van der Waals surface area contributed by atoms with Gasteiger partial charge in [-0.2, -0.15) is 13.2 Å². The zero-order valence-corrected chi connectivity index (χ0v) is 30.8. The molecule has 2 aliphatic heterocycles. The number of aromatic nitrogens is 3. The average Bonchev–Trinajstić information content (AvgIpc) is 4.04. The van der Waals surface area contributed by atoms with Crippen molar-refractivity contribution in [3.63, 3.8) is 0 Å². The largest absolute Gasteiger partial charge is 0.471 e. The Labute approximate surface area is 313 Å². The third-order valence-corrected chi connectivity index (χ3v) is 12.4. The quantitative estimate of drug-likeness (QED) is 0.296. The second-order valence-corrected chi connectivity index (χ2v) is 16.6. The minimum absolute atomic E-state index is 0.0211. The number of nitrogens with one attached hydrogen (secondary N) is 3. The van der Waals surface area contributed by atoms with Crippen molar-refractivity contribution < 1.29 is 50.0 Å². The van der Waals surface area contributed by atoms with E-state index in [0.717, 1.165) is 4.90 Å². The fraction of sp³-hybridized carbons (Fsp3) is 0.528. The second kappa shape index (κ2) is 14.5. The molecule has 3 fully saturated rings. The number of halogens is 3. The van der Waals surface area contributed by atoms with Crippen LogP contribution in [0.4, 0.5) is 13.2 Å². The van der Waals surface area contributed by atoms with E-state index in [1.54, 1.807) is 26.0 Å². The van der Waals surface area contributed by atoms with Crippen LogP contribution in [0, 0.1) is 19.8 Å². The summed E-state index contributed by atoms with van der Waals surface area (Å²) in [4.78, 5) is 64.8. The van der Waals surface area contributed by atoms with Crippen molar-refractivity contribution in [2.75, 3.05) is 6.54 Å². The van der Waals surface area contributed by atoms with Gasteiger partial charge in [0, 0.05) is 17.9 Å². The number of amides is 4. The fourth-order valence-corrected chi connectivity index (χ4v) is 8.48. The molecule has 0 spiro atoms. The summed E-state index contributed by atoms with van der Waals surface area (Å²) in [6.07, 6.45) is 0.572. The average molecular weight is 788 g/mol. The molecular formula is C36H40F3N7O8S. The first-order valence-corrected chi connectivity index (χ1v) is 19.7. The number of para-hydroxylation sites is 2. The topological polar surface area (TPSA) is 203 Å². The number of nitrogens with zero attached hydrogens (tertiary/aromatic N) is 4. The lowest BCUT2D eigenvalue weighted by Crippen LogP contribution is -2.58. The van der Waals surface area contributed by atoms with E-state index in [1.807, 2.05) is 6.08 Å². The summed E-state index contributed by atoms with van der Waals surface area (Å²) in [5.74, 6) is -4.18. The summed E-state index contributed by atoms with van der Waals surface area (Å²) in [6.45, 7) is 2.86. The Morgan fingerprint density at radius 3 is 2.45 bits per heavy atom. The third-order valence-electron chi connectivity index (χ3n) is 10.6. The first-order chi connectivity index (χ1) is 26.1. The van der Waals surface area contributed by atoms with Gasteiger partial charge < -0.3 is 24.8 Å². The van der Waals surface area contributed by atoms with Gasteiger partial charge in [-0.15, -0.1) is 0 Å². The number of rotatable bonds is 7. The highest BCUT2D eigenvalue weighted by atomic mass is 32.2. The molecule has 294 valence electrons. The van der Waals surface area contributed by atoms with Crippen molar-refractivity contribution in [3.8, 4) is 5.88 Å². The van der Waals surface area contributed by atoms with Crippen LogP contribution in [0.15, 0.2) is 40.9 Å². The van der Waals surface area contributed by atoms with Gasteiger partial charge >= 0.3 is 6.18 Å². The Kier molecular flexibility index (Phi) is 10.1. The number of aryl methyl sites for hydroxylation is 1. The number of allylic oxidation sites excluding steroid dienone is 1. The number of fused-ring (bicyclic) bond motifs is 3. The minimum atomic E-state index is -4.97. The molecule has 4 aliphatic rings. The standard InChI is InChI=1S/C36H40F3N7O8S/c1-19-20(2)54-44-28(19)31(48)41-26-13-7-5-3-4-6-10-21-17-35(21,34(50)45-55(51,52)23-14-15-23)43-30(47)27-16-22(18-46(27)33(26)49)53-32-29(36(37,38)39)40-24-11-8-9-12-25(24)42-32/h6,8-12,21-23,26-27H,3-5,7,13-18H2,1-2H3,(H,41,48)(H,43,47)(H,45,50)/b10-6-/t21?,22-,26+,27+,35-/m1/s1. The number of sulfonamides is 1. The Morgan fingerprint density at radius 2 is 1.78 bits per heavy atom. The van der Waals surface area contributed by atoms with Crippen molar-refractivity contribution in [1.29, 1.82) is 0 Å². The maximum atomic E-state index is 14.5. The van der Waals surface area contributed by atoms with Crippen molar-refractivity contribution in [3.05, 3.63) is 59.1 Å². The van der Waals surface area contributed by atoms with Gasteiger partial charge in [-0.05, 0) is 64.5 Å². The number of hydrogen-bond acceptors (Lipinski definition) is 11. The van der Waals surface area contributed by atoms with Gasteiger partial charge in [-0.1, -0.05) is 42.3 Å². The highest BCUT2D eigenvalue weighted by Gasteiger charge is 2.62. The summed E-state index contributed by atoms with van der Waals surface area (Å²) in [5.41, 5.74) is -2.53. The Morgan fingerprint density at radius 1 is 1.05 bits per heavy atom. The molecule has 3 N–H and O–H groups in total. The molecule has 0 radical (unpaired) electrons. The molecule has 5 atom stereocenters. The van der Waals surface area contributed by atoms with E-state index in [1.165, 1.54) is 18.2 Å². The molecule has 0 bridgehead atoms. The predicted molar refractivity (Wildman–Crippen MR) is 188 cm³/mol. The summed E-state index contributed by atoms with van der Waals surface area (Å²) in [5, 5.41) is 8.53. The molecule has 7 rings (SSSR count). The molecule has 2 saturated carbocycles. The highest BCUT2D eigenvalue weighted by molar-refractivity contribution is 7.91. The molecule has 55 heavy (non-hydrogen) atoms. The molecule has 15 nitrogen and oxygen atoms in total. The number of benzene rings is 1. The van der Waals surface area contributed by atoms with E-state index >= 15 is 0 Å². The van der Waals surface area contributed by atoms with Gasteiger partial charge in [0.05, 0.1) is 22.8 Å². The van der Waals surface area contributed by atoms with Crippen LogP contribution in [0.5, 0.6) is 5.88 Å². The molecule has 1 unspecified atom stereocenters. The van der Waals surface area contributed by atoms with Crippen LogP contribution in [-0.4, -0.2) is 87.6 Å². The molecule has 4 heterocycles. The monoisotopic (exact) mass is 787 g/mol.